The molecule has 1 atom stereocenters. The first-order chi connectivity index (χ1) is 13.6. The van der Waals surface area contributed by atoms with Gasteiger partial charge in [-0.15, -0.1) is 0 Å². The first-order valence-electron chi connectivity index (χ1n) is 8.98. The monoisotopic (exact) mass is 400 g/mol. The Balaban J connectivity index is 1.44. The molecule has 1 aliphatic rings. The summed E-state index contributed by atoms with van der Waals surface area (Å²) in [6.07, 6.45) is 2.12. The molecule has 1 saturated heterocycles. The zero-order chi connectivity index (χ0) is 19.5. The molecule has 0 bridgehead atoms. The van der Waals surface area contributed by atoms with Gasteiger partial charge in [-0.1, -0.05) is 12.1 Å². The lowest BCUT2D eigenvalue weighted by atomic mass is 10.1. The van der Waals surface area contributed by atoms with E-state index in [2.05, 4.69) is 14.7 Å². The lowest BCUT2D eigenvalue weighted by molar-refractivity contribution is -0.117. The molecule has 144 valence electrons. The number of halogens is 2. The Labute approximate surface area is 165 Å². The van der Waals surface area contributed by atoms with Gasteiger partial charge in [-0.3, -0.25) is 4.79 Å². The van der Waals surface area contributed by atoms with Crippen molar-refractivity contribution in [1.82, 2.24) is 9.36 Å². The Morgan fingerprint density at radius 2 is 1.79 bits per heavy atom. The Morgan fingerprint density at radius 3 is 2.50 bits per heavy atom. The summed E-state index contributed by atoms with van der Waals surface area (Å²) in [4.78, 5) is 19.2. The average Bonchev–Trinajstić information content (AvgIpc) is 3.34. The minimum absolute atomic E-state index is 0.139. The molecule has 5 nitrogen and oxygen atoms in total. The van der Waals surface area contributed by atoms with Crippen molar-refractivity contribution in [3.05, 3.63) is 71.6 Å². The summed E-state index contributed by atoms with van der Waals surface area (Å²) >= 11 is 1.26. The number of rotatable bonds is 5. The van der Waals surface area contributed by atoms with E-state index in [-0.39, 0.29) is 23.6 Å². The van der Waals surface area contributed by atoms with Crippen molar-refractivity contribution in [1.29, 1.82) is 0 Å². The fourth-order valence-electron chi connectivity index (χ4n) is 3.25. The van der Waals surface area contributed by atoms with Gasteiger partial charge >= 0.3 is 0 Å². The Hall–Kier alpha value is -2.87. The second kappa shape index (κ2) is 8.02. The molecule has 1 aromatic heterocycles. The van der Waals surface area contributed by atoms with Crippen LogP contribution in [0.3, 0.4) is 0 Å². The maximum atomic E-state index is 13.0. The van der Waals surface area contributed by atoms with Gasteiger partial charge in [0.1, 0.15) is 23.5 Å². The highest BCUT2D eigenvalue weighted by Crippen LogP contribution is 2.28. The van der Waals surface area contributed by atoms with E-state index in [0.29, 0.717) is 23.1 Å². The normalized spacial score (nSPS) is 16.4. The molecule has 28 heavy (non-hydrogen) atoms. The number of aromatic nitrogens is 2. The highest BCUT2D eigenvalue weighted by atomic mass is 32.1. The molecule has 0 aliphatic carbocycles. The van der Waals surface area contributed by atoms with Crippen LogP contribution in [0.2, 0.25) is 0 Å². The van der Waals surface area contributed by atoms with Gasteiger partial charge in [0.05, 0.1) is 0 Å². The SMILES string of the molecule is O=C(Nc1ccc(F)cc1)C1CCCN1c1nc(Cc2ccc(F)cc2)ns1. The smallest absolute Gasteiger partial charge is 0.247 e. The number of benzene rings is 2. The van der Waals surface area contributed by atoms with Crippen LogP contribution in [0.25, 0.3) is 0 Å². The second-order valence-electron chi connectivity index (χ2n) is 6.64. The third-order valence-electron chi connectivity index (χ3n) is 4.65. The van der Waals surface area contributed by atoms with Gasteiger partial charge in [0.25, 0.3) is 0 Å². The third kappa shape index (κ3) is 4.17. The van der Waals surface area contributed by atoms with E-state index in [4.69, 9.17) is 0 Å². The molecule has 2 aromatic carbocycles. The largest absolute Gasteiger partial charge is 0.335 e. The van der Waals surface area contributed by atoms with E-state index in [0.717, 1.165) is 24.9 Å². The number of nitrogens with one attached hydrogen (secondary N) is 1. The van der Waals surface area contributed by atoms with Crippen LogP contribution < -0.4 is 10.2 Å². The summed E-state index contributed by atoms with van der Waals surface area (Å²) in [6, 6.07) is 11.6. The fraction of sp³-hybridized carbons (Fsp3) is 0.250. The molecule has 8 heteroatoms. The van der Waals surface area contributed by atoms with Crippen LogP contribution in [0, 0.1) is 11.6 Å². The van der Waals surface area contributed by atoms with Gasteiger partial charge in [0.2, 0.25) is 11.0 Å². The van der Waals surface area contributed by atoms with Gasteiger partial charge in [-0.05, 0) is 54.8 Å². The van der Waals surface area contributed by atoms with Crippen molar-refractivity contribution in [3.8, 4) is 0 Å². The van der Waals surface area contributed by atoms with Gasteiger partial charge in [-0.25, -0.2) is 13.8 Å². The molecule has 1 amide bonds. The zero-order valence-electron chi connectivity index (χ0n) is 14.9. The van der Waals surface area contributed by atoms with E-state index in [1.54, 1.807) is 12.1 Å². The molecular weight excluding hydrogens is 382 g/mol. The maximum absolute atomic E-state index is 13.0. The van der Waals surface area contributed by atoms with Crippen molar-refractivity contribution >= 4 is 28.3 Å². The quantitative estimate of drug-likeness (QED) is 0.703. The average molecular weight is 400 g/mol. The molecule has 0 radical (unpaired) electrons. The summed E-state index contributed by atoms with van der Waals surface area (Å²) in [5.74, 6) is -0.110. The van der Waals surface area contributed by atoms with Gasteiger partial charge in [-0.2, -0.15) is 4.37 Å². The van der Waals surface area contributed by atoms with Crippen molar-refractivity contribution in [2.24, 2.45) is 0 Å². The van der Waals surface area contributed by atoms with Crippen LogP contribution in [0.1, 0.15) is 24.2 Å². The number of anilines is 2. The summed E-state index contributed by atoms with van der Waals surface area (Å²) in [7, 11) is 0. The van der Waals surface area contributed by atoms with E-state index >= 15 is 0 Å². The molecule has 1 N–H and O–H groups in total. The minimum atomic E-state index is -0.344. The predicted molar refractivity (Wildman–Crippen MR) is 105 cm³/mol. The molecule has 1 fully saturated rings. The molecule has 1 unspecified atom stereocenters. The molecular formula is C20H18F2N4OS. The Kier molecular flexibility index (Phi) is 5.29. The van der Waals surface area contributed by atoms with Gasteiger partial charge in [0, 0.05) is 30.2 Å². The van der Waals surface area contributed by atoms with Crippen molar-refractivity contribution in [2.75, 3.05) is 16.8 Å². The number of amides is 1. The lowest BCUT2D eigenvalue weighted by Crippen LogP contribution is -2.39. The zero-order valence-corrected chi connectivity index (χ0v) is 15.8. The minimum Gasteiger partial charge on any atom is -0.335 e. The van der Waals surface area contributed by atoms with Crippen LogP contribution in [0.5, 0.6) is 0 Å². The van der Waals surface area contributed by atoms with E-state index in [1.165, 1.54) is 47.9 Å². The lowest BCUT2D eigenvalue weighted by Gasteiger charge is -2.22. The van der Waals surface area contributed by atoms with Crippen molar-refractivity contribution in [3.63, 3.8) is 0 Å². The van der Waals surface area contributed by atoms with E-state index < -0.39 is 0 Å². The summed E-state index contributed by atoms with van der Waals surface area (Å²) < 4.78 is 30.5. The van der Waals surface area contributed by atoms with Gasteiger partial charge in [0.15, 0.2) is 0 Å². The number of carbonyl (C=O) groups is 1. The summed E-state index contributed by atoms with van der Waals surface area (Å²) in [5.41, 5.74) is 1.49. The maximum Gasteiger partial charge on any atom is 0.247 e. The number of hydrogen-bond donors (Lipinski definition) is 1. The predicted octanol–water partition coefficient (Wildman–Crippen LogP) is 4.01. The topological polar surface area (TPSA) is 58.1 Å². The highest BCUT2D eigenvalue weighted by molar-refractivity contribution is 7.09. The molecule has 1 aliphatic heterocycles. The molecule has 0 saturated carbocycles. The van der Waals surface area contributed by atoms with Crippen LogP contribution in [0.4, 0.5) is 19.6 Å². The molecule has 2 heterocycles. The van der Waals surface area contributed by atoms with Crippen LogP contribution in [0.15, 0.2) is 48.5 Å². The number of carbonyl (C=O) groups excluding carboxylic acids is 1. The number of hydrogen-bond acceptors (Lipinski definition) is 5. The third-order valence-corrected chi connectivity index (χ3v) is 5.44. The van der Waals surface area contributed by atoms with Crippen LogP contribution in [-0.4, -0.2) is 27.9 Å². The first-order valence-corrected chi connectivity index (χ1v) is 9.76. The summed E-state index contributed by atoms with van der Waals surface area (Å²) in [5, 5.41) is 3.54. The fourth-order valence-corrected chi connectivity index (χ4v) is 4.01. The van der Waals surface area contributed by atoms with Crippen molar-refractivity contribution < 1.29 is 13.6 Å². The number of nitrogens with zero attached hydrogens (tertiary/aromatic N) is 3. The standard InChI is InChI=1S/C20H18F2N4OS/c21-14-5-3-13(4-6-14)12-18-24-20(28-25-18)26-11-1-2-17(26)19(27)23-16-9-7-15(22)8-10-16/h3-10,17H,1-2,11-12H2,(H,23,27). The first kappa shape index (κ1) is 18.5. The van der Waals surface area contributed by atoms with E-state index in [9.17, 15) is 13.6 Å². The highest BCUT2D eigenvalue weighted by Gasteiger charge is 2.33. The van der Waals surface area contributed by atoms with Crippen LogP contribution >= 0.6 is 11.5 Å². The molecule has 3 aromatic rings. The summed E-state index contributed by atoms with van der Waals surface area (Å²) in [6.45, 7) is 0.729. The molecule has 0 spiro atoms. The van der Waals surface area contributed by atoms with Crippen molar-refractivity contribution in [2.45, 2.75) is 25.3 Å². The second-order valence-corrected chi connectivity index (χ2v) is 7.37. The van der Waals surface area contributed by atoms with E-state index in [1.807, 2.05) is 4.90 Å². The van der Waals surface area contributed by atoms with Crippen LogP contribution in [-0.2, 0) is 11.2 Å². The Morgan fingerprint density at radius 1 is 1.11 bits per heavy atom. The van der Waals surface area contributed by atoms with Gasteiger partial charge < -0.3 is 10.2 Å². The molecule has 4 rings (SSSR count). The Bertz CT molecular complexity index is 959.